The summed E-state index contributed by atoms with van der Waals surface area (Å²) in [4.78, 5) is 78.2. The van der Waals surface area contributed by atoms with Crippen molar-refractivity contribution in [2.45, 2.75) is 142 Å². The maximum atomic E-state index is 13.4. The number of hydrogen-bond donors (Lipinski definition) is 3. The van der Waals surface area contributed by atoms with Crippen LogP contribution in [-0.2, 0) is 25.7 Å². The van der Waals surface area contributed by atoms with Crippen LogP contribution in [0.2, 0.25) is 0 Å². The molecule has 0 saturated carbocycles. The van der Waals surface area contributed by atoms with Crippen molar-refractivity contribution >= 4 is 84.0 Å². The number of pyridine rings is 3. The predicted octanol–water partition coefficient (Wildman–Crippen LogP) is 12.4. The van der Waals surface area contributed by atoms with Crippen molar-refractivity contribution in [1.29, 1.82) is 0 Å². The molecule has 0 spiro atoms. The largest absolute Gasteiger partial charge is 0.494 e. The molecule has 3 N–H and O–H groups in total. The number of nitrogens with zero attached hydrogens (tertiary/aromatic N) is 15. The highest BCUT2D eigenvalue weighted by molar-refractivity contribution is 7.13. The van der Waals surface area contributed by atoms with E-state index < -0.39 is 5.60 Å². The molecule has 0 aliphatic carbocycles. The molecule has 0 radical (unpaired) electrons. The van der Waals surface area contributed by atoms with E-state index in [4.69, 9.17) is 39.0 Å². The first-order valence-electron chi connectivity index (χ1n) is 42.8. The van der Waals surface area contributed by atoms with E-state index >= 15 is 0 Å². The van der Waals surface area contributed by atoms with Gasteiger partial charge >= 0.3 is 5.97 Å². The smallest absolute Gasteiger partial charge is 0.305 e. The van der Waals surface area contributed by atoms with E-state index in [9.17, 15) is 24.6 Å². The molecule has 117 heavy (non-hydrogen) atoms. The fraction of sp³-hybridized carbons (Fsp3) is 0.538. The third-order valence-corrected chi connectivity index (χ3v) is 25.2. The number of likely N-dealkylation sites (tertiary alicyclic amines) is 2. The summed E-state index contributed by atoms with van der Waals surface area (Å²) >= 11 is 1.65. The number of thiazole rings is 1. The molecule has 628 valence electrons. The number of para-hydroxylation sites is 1. The highest BCUT2D eigenvalue weighted by Crippen LogP contribution is 2.43. The Hall–Kier alpha value is -9.28. The third-order valence-electron chi connectivity index (χ3n) is 24.3. The number of carbonyl (C=O) groups excluding carboxylic acids is 3. The highest BCUT2D eigenvalue weighted by atomic mass is 32.1. The van der Waals surface area contributed by atoms with Gasteiger partial charge in [0.15, 0.2) is 5.13 Å². The number of anilines is 4. The molecule has 11 heterocycles. The van der Waals surface area contributed by atoms with Crippen molar-refractivity contribution in [3.05, 3.63) is 150 Å². The molecule has 6 fully saturated rings. The van der Waals surface area contributed by atoms with Crippen LogP contribution in [0.15, 0.2) is 127 Å². The monoisotopic (exact) mass is 1620 g/mol. The lowest BCUT2D eigenvalue weighted by Gasteiger charge is -2.41. The molecule has 2 atom stereocenters. The van der Waals surface area contributed by atoms with Gasteiger partial charge in [-0.1, -0.05) is 50.2 Å². The quantitative estimate of drug-likeness (QED) is 0.0337. The molecule has 2 amide bonds. The van der Waals surface area contributed by atoms with Gasteiger partial charge in [-0.2, -0.15) is 5.10 Å². The van der Waals surface area contributed by atoms with Crippen LogP contribution in [0, 0.1) is 25.7 Å². The SMILES string of the molecule is COC(=O)CCCOc1c(C)cc2cccnc2c1N1CCCN(Cc2ccn(-c3ccccc3)n2)CC1.COc1c(C)cc2cccnc2c1N1CCCN(C(CC(=O)NCCN2CCCC2)c2csc(N3CCC(C)(O)CC3)n2)CC1.COc1ccc2cccnc2c1N1CCCN(C(CCO)C2CCN(C(=O)C(C)C)CC2)CC1. The predicted molar refractivity (Wildman–Crippen MR) is 467 cm³/mol. The van der Waals surface area contributed by atoms with Crippen molar-refractivity contribution in [1.82, 2.24) is 59.5 Å². The zero-order valence-electron chi connectivity index (χ0n) is 70.3. The van der Waals surface area contributed by atoms with Crippen molar-refractivity contribution in [2.75, 3.05) is 185 Å². The Bertz CT molecular complexity index is 4690. The first kappa shape index (κ1) is 85.6. The van der Waals surface area contributed by atoms with Crippen LogP contribution in [0.4, 0.5) is 22.2 Å². The second kappa shape index (κ2) is 41.4. The minimum Gasteiger partial charge on any atom is -0.494 e. The van der Waals surface area contributed by atoms with Gasteiger partial charge in [-0.05, 0) is 182 Å². The van der Waals surface area contributed by atoms with E-state index in [2.05, 4.69) is 123 Å². The number of nitrogens with one attached hydrogen (secondary N) is 1. The number of carbonyl (C=O) groups is 3. The Kier molecular flexibility index (Phi) is 30.3. The number of aryl methyl sites for hydroxylation is 2. The average molecular weight is 1620 g/mol. The number of aromatic nitrogens is 6. The number of piperidine rings is 2. The van der Waals surface area contributed by atoms with Crippen LogP contribution in [-0.4, -0.2) is 259 Å². The molecule has 26 heteroatoms. The Morgan fingerprint density at radius 1 is 0.624 bits per heavy atom. The van der Waals surface area contributed by atoms with Gasteiger partial charge in [0.05, 0.1) is 73.2 Å². The van der Waals surface area contributed by atoms with Gasteiger partial charge in [0.25, 0.3) is 0 Å². The van der Waals surface area contributed by atoms with Crippen molar-refractivity contribution in [2.24, 2.45) is 11.8 Å². The zero-order chi connectivity index (χ0) is 81.8. The van der Waals surface area contributed by atoms with Crippen LogP contribution in [0.5, 0.6) is 17.2 Å². The lowest BCUT2D eigenvalue weighted by Crippen LogP contribution is -2.48. The van der Waals surface area contributed by atoms with Gasteiger partial charge in [0, 0.05) is 202 Å². The number of esters is 1. The van der Waals surface area contributed by atoms with Crippen LogP contribution >= 0.6 is 11.3 Å². The summed E-state index contributed by atoms with van der Waals surface area (Å²) < 4.78 is 24.7. The van der Waals surface area contributed by atoms with Crippen LogP contribution in [0.25, 0.3) is 38.4 Å². The molecule has 0 bridgehead atoms. The standard InChI is InChI=1S/C34H49N7O3S.C30H35N5O3.C27H40N4O3/c1-25-22-26-8-6-11-36-30(26)31(32(25)44-3)40-16-7-15-39(20-21-40)28(23-29(42)35-12-19-38-13-4-5-14-38)27-24-45-33(37-27)41-17-9-34(2,43)10-18-41;1-23-21-24-9-6-14-31-28(24)29(30(23)38-20-7-12-27(36)37-2)34-16-8-15-33(18-19-34)22-25-13-17-35(32-25)26-10-4-3-5-11-26;1-20(2)27(33)31-15-9-21(10-16-31)23(11-19-32)29-13-5-14-30(18-17-29)26-24(34-3)8-7-22-6-4-12-28-25(22)26/h6,8,11,22,24,28,43H,4-5,7,9-10,12-21,23H2,1-3H3,(H,35,42);3-6,9-11,13-14,17,21H,7-8,12,15-16,18-20,22H2,1-2H3;4,6-8,12,20-21,23,32H,5,9-11,13-19H2,1-3H3. The average Bonchev–Trinajstić information content (AvgIpc) is 1.56. The molecule has 5 aromatic heterocycles. The Morgan fingerprint density at radius 2 is 1.23 bits per heavy atom. The summed E-state index contributed by atoms with van der Waals surface area (Å²) in [5.41, 5.74) is 10.8. The summed E-state index contributed by atoms with van der Waals surface area (Å²) in [5, 5.41) is 34.8. The van der Waals surface area contributed by atoms with Gasteiger partial charge in [-0.3, -0.25) is 44.0 Å². The van der Waals surface area contributed by atoms with Crippen molar-refractivity contribution in [3.63, 3.8) is 0 Å². The number of aliphatic hydroxyl groups excluding tert-OH is 1. The van der Waals surface area contributed by atoms with Gasteiger partial charge < -0.3 is 63.9 Å². The van der Waals surface area contributed by atoms with Crippen molar-refractivity contribution in [3.8, 4) is 22.9 Å². The fourth-order valence-corrected chi connectivity index (χ4v) is 18.9. The summed E-state index contributed by atoms with van der Waals surface area (Å²) in [6.07, 6.45) is 18.8. The Balaban J connectivity index is 0.000000154. The fourth-order valence-electron chi connectivity index (χ4n) is 18.0. The number of amides is 2. The lowest BCUT2D eigenvalue weighted by molar-refractivity contribution is -0.141. The first-order chi connectivity index (χ1) is 57.0. The minimum atomic E-state index is -0.606. The Morgan fingerprint density at radius 3 is 1.88 bits per heavy atom. The van der Waals surface area contributed by atoms with Gasteiger partial charge in [-0.15, -0.1) is 11.3 Å². The molecule has 6 aliphatic heterocycles. The molecule has 6 saturated heterocycles. The van der Waals surface area contributed by atoms with Crippen LogP contribution < -0.4 is 39.1 Å². The molecule has 15 rings (SSSR count). The number of ether oxygens (including phenoxy) is 4. The molecule has 25 nitrogen and oxygen atoms in total. The highest BCUT2D eigenvalue weighted by Gasteiger charge is 2.36. The topological polar surface area (TPSA) is 239 Å². The van der Waals surface area contributed by atoms with E-state index in [1.54, 1.807) is 25.6 Å². The molecule has 6 aliphatic rings. The summed E-state index contributed by atoms with van der Waals surface area (Å²) in [6, 6.07) is 33.2. The van der Waals surface area contributed by atoms with Gasteiger partial charge in [0.2, 0.25) is 11.8 Å². The van der Waals surface area contributed by atoms with E-state index in [1.165, 1.54) is 20.0 Å². The second-order valence-electron chi connectivity index (χ2n) is 32.8. The van der Waals surface area contributed by atoms with E-state index in [1.807, 2.05) is 97.6 Å². The van der Waals surface area contributed by atoms with Gasteiger partial charge in [0.1, 0.15) is 34.3 Å². The number of rotatable bonds is 26. The summed E-state index contributed by atoms with van der Waals surface area (Å²) in [5.74, 6) is 3.32. The summed E-state index contributed by atoms with van der Waals surface area (Å²) in [7, 11) is 4.88. The Labute approximate surface area is 695 Å². The van der Waals surface area contributed by atoms with E-state index in [0.717, 1.165) is 283 Å². The van der Waals surface area contributed by atoms with Gasteiger partial charge in [-0.25, -0.2) is 9.67 Å². The van der Waals surface area contributed by atoms with E-state index in [0.29, 0.717) is 44.4 Å². The normalized spacial score (nSPS) is 18.2. The molecular weight excluding hydrogens is 1490 g/mol. The second-order valence-corrected chi connectivity index (χ2v) is 33.7. The lowest BCUT2D eigenvalue weighted by atomic mass is 9.86. The maximum Gasteiger partial charge on any atom is 0.305 e. The number of hydrogen-bond acceptors (Lipinski definition) is 23. The molecular formula is C91H124N16O9S. The molecule has 9 aromatic rings. The minimum absolute atomic E-state index is 0.0573. The molecule has 4 aromatic carbocycles. The first-order valence-corrected chi connectivity index (χ1v) is 43.6. The van der Waals surface area contributed by atoms with Crippen LogP contribution in [0.3, 0.4) is 0 Å². The van der Waals surface area contributed by atoms with Crippen molar-refractivity contribution < 1.29 is 43.5 Å². The van der Waals surface area contributed by atoms with Crippen LogP contribution in [0.1, 0.15) is 133 Å². The number of fused-ring (bicyclic) bond motifs is 3. The number of aliphatic hydroxyl groups is 2. The van der Waals surface area contributed by atoms with E-state index in [-0.39, 0.29) is 36.4 Å². The zero-order valence-corrected chi connectivity index (χ0v) is 71.1. The maximum absolute atomic E-state index is 13.4. The summed E-state index contributed by atoms with van der Waals surface area (Å²) in [6.45, 7) is 29.5. The number of benzene rings is 4. The third kappa shape index (κ3) is 22.0. The molecule has 2 unspecified atom stereocenters. The number of methoxy groups -OCH3 is 3.